The van der Waals surface area contributed by atoms with Crippen LogP contribution in [0.2, 0.25) is 0 Å². The van der Waals surface area contributed by atoms with Crippen molar-refractivity contribution in [3.63, 3.8) is 0 Å². The Morgan fingerprint density at radius 3 is 1.19 bits per heavy atom. The molecule has 0 bridgehead atoms. The lowest BCUT2D eigenvalue weighted by molar-refractivity contribution is 0.101. The van der Waals surface area contributed by atoms with Crippen LogP contribution in [-0.2, 0) is 0 Å². The molecule has 0 aliphatic rings. The molecule has 4 aromatic carbocycles. The van der Waals surface area contributed by atoms with Crippen LogP contribution in [0, 0.1) is 0 Å². The van der Waals surface area contributed by atoms with E-state index in [9.17, 15) is 14.4 Å². The third-order valence-electron chi connectivity index (χ3n) is 7.39. The van der Waals surface area contributed by atoms with E-state index in [0.29, 0.717) is 16.7 Å². The number of para-hydroxylation sites is 3. The lowest BCUT2D eigenvalue weighted by atomic mass is 9.99. The maximum Gasteiger partial charge on any atom is 0.161 e. The summed E-state index contributed by atoms with van der Waals surface area (Å²) in [5, 5.41) is 5.69. The van der Waals surface area contributed by atoms with Gasteiger partial charge in [0, 0.05) is 49.0 Å². The predicted molar refractivity (Wildman–Crippen MR) is 145 cm³/mol. The first-order valence-corrected chi connectivity index (χ1v) is 11.8. The van der Waals surface area contributed by atoms with Gasteiger partial charge in [0.15, 0.2) is 17.3 Å². The van der Waals surface area contributed by atoms with Crippen molar-refractivity contribution < 1.29 is 14.4 Å². The highest BCUT2D eigenvalue weighted by molar-refractivity contribution is 6.40. The molecule has 0 fully saturated rings. The number of hydrogen-bond acceptors (Lipinski definition) is 3. The van der Waals surface area contributed by atoms with Crippen molar-refractivity contribution in [2.75, 3.05) is 0 Å². The minimum absolute atomic E-state index is 0.0183. The molecule has 0 aliphatic heterocycles. The molecule has 3 heterocycles. The minimum Gasteiger partial charge on any atom is -0.353 e. The van der Waals surface area contributed by atoms with Crippen LogP contribution in [0.5, 0.6) is 0 Å². The van der Waals surface area contributed by atoms with Gasteiger partial charge in [0.05, 0.1) is 33.1 Å². The second kappa shape index (κ2) is 6.92. The van der Waals surface area contributed by atoms with Crippen molar-refractivity contribution in [3.05, 3.63) is 71.3 Å². The Morgan fingerprint density at radius 2 is 0.778 bits per heavy atom. The van der Waals surface area contributed by atoms with Crippen molar-refractivity contribution in [2.24, 2.45) is 0 Å². The van der Waals surface area contributed by atoms with Crippen LogP contribution in [0.25, 0.3) is 65.4 Å². The van der Waals surface area contributed by atoms with Gasteiger partial charge in [0.2, 0.25) is 0 Å². The van der Waals surface area contributed by atoms with Gasteiger partial charge in [-0.2, -0.15) is 0 Å². The zero-order chi connectivity index (χ0) is 24.9. The molecule has 6 heteroatoms. The zero-order valence-electron chi connectivity index (χ0n) is 19.9. The summed E-state index contributed by atoms with van der Waals surface area (Å²) in [6.45, 7) is 4.70. The van der Waals surface area contributed by atoms with Gasteiger partial charge in [-0.3, -0.25) is 14.4 Å². The smallest absolute Gasteiger partial charge is 0.161 e. The van der Waals surface area contributed by atoms with Crippen molar-refractivity contribution in [1.29, 1.82) is 0 Å². The highest BCUT2D eigenvalue weighted by Gasteiger charge is 2.24. The van der Waals surface area contributed by atoms with E-state index < -0.39 is 0 Å². The molecule has 3 aromatic heterocycles. The first kappa shape index (κ1) is 20.6. The summed E-state index contributed by atoms with van der Waals surface area (Å²) < 4.78 is 0. The second-order valence-corrected chi connectivity index (χ2v) is 9.48. The Labute approximate surface area is 204 Å². The topological polar surface area (TPSA) is 98.6 Å². The van der Waals surface area contributed by atoms with Gasteiger partial charge in [0.25, 0.3) is 0 Å². The molecule has 6 nitrogen and oxygen atoms in total. The summed E-state index contributed by atoms with van der Waals surface area (Å²) in [6, 6.07) is 17.2. The Balaban J connectivity index is 1.86. The fourth-order valence-corrected chi connectivity index (χ4v) is 5.87. The molecule has 0 unspecified atom stereocenters. The van der Waals surface area contributed by atoms with E-state index >= 15 is 0 Å². The predicted octanol–water partition coefficient (Wildman–Crippen LogP) is 7.20. The number of carbonyl (C=O) groups excluding carboxylic acids is 3. The maximum atomic E-state index is 12.5. The zero-order valence-corrected chi connectivity index (χ0v) is 19.9. The van der Waals surface area contributed by atoms with Gasteiger partial charge in [0.1, 0.15) is 0 Å². The number of Topliss-reactive ketones (excluding diaryl/α,β-unsaturated/α-hetero) is 3. The minimum atomic E-state index is -0.0225. The van der Waals surface area contributed by atoms with Crippen molar-refractivity contribution in [3.8, 4) is 0 Å². The maximum absolute atomic E-state index is 12.5. The lowest BCUT2D eigenvalue weighted by Crippen LogP contribution is -1.92. The summed E-state index contributed by atoms with van der Waals surface area (Å²) in [5.74, 6) is -0.0613. The van der Waals surface area contributed by atoms with Crippen LogP contribution >= 0.6 is 0 Å². The van der Waals surface area contributed by atoms with E-state index in [2.05, 4.69) is 15.0 Å². The number of benzene rings is 4. The van der Waals surface area contributed by atoms with Crippen LogP contribution in [0.4, 0.5) is 0 Å². The molecule has 36 heavy (non-hydrogen) atoms. The van der Waals surface area contributed by atoms with Gasteiger partial charge in [-0.25, -0.2) is 0 Å². The highest BCUT2D eigenvalue weighted by Crippen LogP contribution is 2.45. The van der Waals surface area contributed by atoms with Crippen molar-refractivity contribution in [1.82, 2.24) is 15.0 Å². The van der Waals surface area contributed by atoms with Crippen molar-refractivity contribution >= 4 is 82.8 Å². The van der Waals surface area contributed by atoms with Crippen LogP contribution in [0.3, 0.4) is 0 Å². The van der Waals surface area contributed by atoms with Crippen LogP contribution < -0.4 is 0 Å². The van der Waals surface area contributed by atoms with Crippen LogP contribution in [-0.4, -0.2) is 32.3 Å². The van der Waals surface area contributed by atoms with E-state index in [1.165, 1.54) is 0 Å². The first-order chi connectivity index (χ1) is 17.4. The SMILES string of the molecule is CC(=O)c1cccc2c1[nH]c1c3[nH]c4c(C(C)=O)cccc4c3c3c4cccc(C(C)=O)c4[nH]c3c21. The number of rotatable bonds is 3. The van der Waals surface area contributed by atoms with E-state index in [-0.39, 0.29) is 17.3 Å². The number of carbonyl (C=O) groups is 3. The largest absolute Gasteiger partial charge is 0.353 e. The normalized spacial score (nSPS) is 12.1. The van der Waals surface area contributed by atoms with Gasteiger partial charge >= 0.3 is 0 Å². The number of H-pyrrole nitrogens is 3. The van der Waals surface area contributed by atoms with Gasteiger partial charge < -0.3 is 15.0 Å². The monoisotopic (exact) mass is 471 g/mol. The molecule has 7 aromatic rings. The summed E-state index contributed by atoms with van der Waals surface area (Å²) in [5.41, 5.74) is 6.79. The molecule has 0 radical (unpaired) electrons. The summed E-state index contributed by atoms with van der Waals surface area (Å²) in [6.07, 6.45) is 0. The molecule has 0 saturated heterocycles. The second-order valence-electron chi connectivity index (χ2n) is 9.48. The Morgan fingerprint density at radius 1 is 0.444 bits per heavy atom. The molecule has 0 spiro atoms. The van der Waals surface area contributed by atoms with E-state index in [4.69, 9.17) is 0 Å². The molecular formula is C30H21N3O3. The summed E-state index contributed by atoms with van der Waals surface area (Å²) in [4.78, 5) is 48.1. The molecule has 0 atom stereocenters. The quantitative estimate of drug-likeness (QED) is 0.238. The third kappa shape index (κ3) is 2.48. The van der Waals surface area contributed by atoms with Gasteiger partial charge in [-0.05, 0) is 39.0 Å². The lowest BCUT2D eigenvalue weighted by Gasteiger charge is -2.01. The Hall–Kier alpha value is -4.71. The Kier molecular flexibility index (Phi) is 3.97. The van der Waals surface area contributed by atoms with Gasteiger partial charge in [-0.1, -0.05) is 36.4 Å². The molecule has 0 aliphatic carbocycles. The van der Waals surface area contributed by atoms with Crippen LogP contribution in [0.1, 0.15) is 51.8 Å². The molecule has 3 N–H and O–H groups in total. The standard InChI is InChI=1S/C30H21N3O3/c1-13(34)16-7-4-10-19-22-23-20-11-5-8-17(14(2)35)26(20)32-29(23)30-24(28(22)31-25(16)19)21-12-6-9-18(15(3)36)27(21)33-30/h4-12,31-33H,1-3H3. The molecule has 174 valence electrons. The molecule has 7 rings (SSSR count). The van der Waals surface area contributed by atoms with Crippen molar-refractivity contribution in [2.45, 2.75) is 20.8 Å². The number of ketones is 3. The fraction of sp³-hybridized carbons (Fsp3) is 0.100. The van der Waals surface area contributed by atoms with Crippen LogP contribution in [0.15, 0.2) is 54.6 Å². The first-order valence-electron chi connectivity index (χ1n) is 11.8. The third-order valence-corrected chi connectivity index (χ3v) is 7.39. The van der Waals surface area contributed by atoms with E-state index in [0.717, 1.165) is 65.4 Å². The van der Waals surface area contributed by atoms with E-state index in [1.54, 1.807) is 20.8 Å². The number of aromatic amines is 3. The number of nitrogens with one attached hydrogen (secondary N) is 3. The molecule has 0 amide bonds. The highest BCUT2D eigenvalue weighted by atomic mass is 16.1. The summed E-state index contributed by atoms with van der Waals surface area (Å²) >= 11 is 0. The molecular weight excluding hydrogens is 450 g/mol. The fourth-order valence-electron chi connectivity index (χ4n) is 5.87. The average molecular weight is 472 g/mol. The molecule has 0 saturated carbocycles. The Bertz CT molecular complexity index is 2140. The number of hydrogen-bond donors (Lipinski definition) is 3. The average Bonchev–Trinajstić information content (AvgIpc) is 3.53. The number of aromatic nitrogens is 3. The summed E-state index contributed by atoms with van der Waals surface area (Å²) in [7, 11) is 0. The van der Waals surface area contributed by atoms with E-state index in [1.807, 2.05) is 54.6 Å². The number of fused-ring (bicyclic) bond motifs is 12. The van der Waals surface area contributed by atoms with Gasteiger partial charge in [-0.15, -0.1) is 0 Å².